The molecular weight excluding hydrogens is 220 g/mol. The lowest BCUT2D eigenvalue weighted by atomic mass is 10.2. The zero-order valence-corrected chi connectivity index (χ0v) is 10.6. The van der Waals surface area contributed by atoms with Crippen molar-refractivity contribution >= 4 is 11.9 Å². The van der Waals surface area contributed by atoms with Crippen molar-refractivity contribution in [1.29, 1.82) is 0 Å². The maximum absolute atomic E-state index is 11.2. The Kier molecular flexibility index (Phi) is 10.3. The normalized spacial score (nSPS) is 9.71. The minimum Gasteiger partial charge on any atom is -0.466 e. The van der Waals surface area contributed by atoms with E-state index in [1.165, 1.54) is 0 Å². The molecule has 0 aliphatic rings. The van der Waals surface area contributed by atoms with Crippen molar-refractivity contribution in [3.8, 4) is 0 Å². The van der Waals surface area contributed by atoms with E-state index < -0.39 is 5.97 Å². The molecule has 0 fully saturated rings. The van der Waals surface area contributed by atoms with E-state index in [9.17, 15) is 9.59 Å². The van der Waals surface area contributed by atoms with Crippen LogP contribution in [0.4, 0.5) is 0 Å². The van der Waals surface area contributed by atoms with Gasteiger partial charge in [0.05, 0.1) is 13.2 Å². The third-order valence-electron chi connectivity index (χ3n) is 2.20. The van der Waals surface area contributed by atoms with Crippen LogP contribution in [0.3, 0.4) is 0 Å². The van der Waals surface area contributed by atoms with Crippen LogP contribution in [0.25, 0.3) is 0 Å². The molecule has 0 aromatic carbocycles. The summed E-state index contributed by atoms with van der Waals surface area (Å²) in [6.07, 6.45) is 5.93. The molecule has 0 atom stereocenters. The summed E-state index contributed by atoms with van der Waals surface area (Å²) in [5, 5.41) is 0. The molecule has 0 aromatic heterocycles. The van der Waals surface area contributed by atoms with E-state index in [2.05, 4.69) is 13.5 Å². The molecule has 0 aliphatic carbocycles. The first kappa shape index (κ1) is 15.7. The fourth-order valence-corrected chi connectivity index (χ4v) is 1.18. The number of carbonyl (C=O) groups is 2. The molecule has 0 radical (unpaired) electrons. The van der Waals surface area contributed by atoms with Crippen LogP contribution in [0.2, 0.25) is 0 Å². The molecule has 0 heterocycles. The van der Waals surface area contributed by atoms with Gasteiger partial charge in [0, 0.05) is 12.5 Å². The summed E-state index contributed by atoms with van der Waals surface area (Å²) in [4.78, 5) is 21.9. The monoisotopic (exact) mass is 242 g/mol. The molecule has 0 aromatic rings. The highest BCUT2D eigenvalue weighted by Gasteiger charge is 2.02. The molecule has 0 spiro atoms. The van der Waals surface area contributed by atoms with E-state index in [0.29, 0.717) is 19.6 Å². The van der Waals surface area contributed by atoms with Gasteiger partial charge in [-0.15, -0.1) is 0 Å². The van der Waals surface area contributed by atoms with Crippen LogP contribution >= 0.6 is 0 Å². The van der Waals surface area contributed by atoms with E-state index in [1.54, 1.807) is 0 Å². The lowest BCUT2D eigenvalue weighted by Gasteiger charge is -2.04. The van der Waals surface area contributed by atoms with Gasteiger partial charge in [0.1, 0.15) is 0 Å². The number of hydrogen-bond donors (Lipinski definition) is 0. The second kappa shape index (κ2) is 11.2. The molecule has 17 heavy (non-hydrogen) atoms. The number of rotatable bonds is 10. The molecule has 0 rings (SSSR count). The Morgan fingerprint density at radius 3 is 2.41 bits per heavy atom. The van der Waals surface area contributed by atoms with Gasteiger partial charge in [-0.2, -0.15) is 0 Å². The average Bonchev–Trinajstić information content (AvgIpc) is 2.33. The SMILES string of the molecule is C=CC(=O)OCCCCCC(=O)OCCCC. The summed E-state index contributed by atoms with van der Waals surface area (Å²) < 4.78 is 9.81. The second-order valence-electron chi connectivity index (χ2n) is 3.76. The molecular formula is C13H22O4. The maximum atomic E-state index is 11.2. The summed E-state index contributed by atoms with van der Waals surface area (Å²) in [7, 11) is 0. The molecule has 98 valence electrons. The molecule has 0 amide bonds. The Labute approximate surface area is 103 Å². The van der Waals surface area contributed by atoms with Crippen LogP contribution < -0.4 is 0 Å². The van der Waals surface area contributed by atoms with Gasteiger partial charge in [-0.3, -0.25) is 4.79 Å². The van der Waals surface area contributed by atoms with Gasteiger partial charge in [-0.1, -0.05) is 19.9 Å². The van der Waals surface area contributed by atoms with Crippen molar-refractivity contribution in [1.82, 2.24) is 0 Å². The summed E-state index contributed by atoms with van der Waals surface area (Å²) in [6, 6.07) is 0. The fraction of sp³-hybridized carbons (Fsp3) is 0.692. The molecule has 0 bridgehead atoms. The number of hydrogen-bond acceptors (Lipinski definition) is 4. The molecule has 0 saturated carbocycles. The lowest BCUT2D eigenvalue weighted by molar-refractivity contribution is -0.144. The van der Waals surface area contributed by atoms with Gasteiger partial charge in [0.25, 0.3) is 0 Å². The van der Waals surface area contributed by atoms with E-state index in [0.717, 1.165) is 38.2 Å². The van der Waals surface area contributed by atoms with Crippen LogP contribution in [-0.2, 0) is 19.1 Å². The van der Waals surface area contributed by atoms with Crippen LogP contribution in [0.1, 0.15) is 45.4 Å². The Morgan fingerprint density at radius 1 is 1.06 bits per heavy atom. The third-order valence-corrected chi connectivity index (χ3v) is 2.20. The van der Waals surface area contributed by atoms with Gasteiger partial charge >= 0.3 is 11.9 Å². The first-order valence-electron chi connectivity index (χ1n) is 6.15. The Hall–Kier alpha value is -1.32. The van der Waals surface area contributed by atoms with E-state index in [-0.39, 0.29) is 5.97 Å². The zero-order chi connectivity index (χ0) is 12.9. The number of unbranched alkanes of at least 4 members (excludes halogenated alkanes) is 3. The van der Waals surface area contributed by atoms with E-state index in [1.807, 2.05) is 0 Å². The third kappa shape index (κ3) is 11.0. The van der Waals surface area contributed by atoms with Crippen molar-refractivity contribution in [2.45, 2.75) is 45.4 Å². The van der Waals surface area contributed by atoms with Crippen LogP contribution in [-0.4, -0.2) is 25.2 Å². The van der Waals surface area contributed by atoms with Crippen molar-refractivity contribution in [2.75, 3.05) is 13.2 Å². The highest BCUT2D eigenvalue weighted by atomic mass is 16.5. The summed E-state index contributed by atoms with van der Waals surface area (Å²) in [6.45, 7) is 6.26. The number of esters is 2. The van der Waals surface area contributed by atoms with Crippen LogP contribution in [0.15, 0.2) is 12.7 Å². The van der Waals surface area contributed by atoms with E-state index in [4.69, 9.17) is 9.47 Å². The number of ether oxygens (including phenoxy) is 2. The largest absolute Gasteiger partial charge is 0.466 e. The molecule has 4 heteroatoms. The highest BCUT2D eigenvalue weighted by molar-refractivity contribution is 5.81. The van der Waals surface area contributed by atoms with Crippen LogP contribution in [0, 0.1) is 0 Å². The molecule has 4 nitrogen and oxygen atoms in total. The van der Waals surface area contributed by atoms with Gasteiger partial charge < -0.3 is 9.47 Å². The van der Waals surface area contributed by atoms with Gasteiger partial charge in [0.15, 0.2) is 0 Å². The Bertz CT molecular complexity index is 236. The predicted molar refractivity (Wildman–Crippen MR) is 65.5 cm³/mol. The summed E-state index contributed by atoms with van der Waals surface area (Å²) >= 11 is 0. The quantitative estimate of drug-likeness (QED) is 0.336. The fourth-order valence-electron chi connectivity index (χ4n) is 1.18. The highest BCUT2D eigenvalue weighted by Crippen LogP contribution is 2.02. The van der Waals surface area contributed by atoms with Crippen molar-refractivity contribution in [3.63, 3.8) is 0 Å². The Morgan fingerprint density at radius 2 is 1.76 bits per heavy atom. The molecule has 0 unspecified atom stereocenters. The first-order chi connectivity index (χ1) is 8.20. The minimum absolute atomic E-state index is 0.137. The van der Waals surface area contributed by atoms with Gasteiger partial charge in [-0.05, 0) is 25.7 Å². The summed E-state index contributed by atoms with van der Waals surface area (Å²) in [5.74, 6) is -0.537. The van der Waals surface area contributed by atoms with Gasteiger partial charge in [-0.25, -0.2) is 4.79 Å². The average molecular weight is 242 g/mol. The predicted octanol–water partition coefficient (Wildman–Crippen LogP) is 2.62. The van der Waals surface area contributed by atoms with Crippen molar-refractivity contribution in [2.24, 2.45) is 0 Å². The van der Waals surface area contributed by atoms with Crippen molar-refractivity contribution in [3.05, 3.63) is 12.7 Å². The topological polar surface area (TPSA) is 52.6 Å². The minimum atomic E-state index is -0.399. The first-order valence-corrected chi connectivity index (χ1v) is 6.15. The summed E-state index contributed by atoms with van der Waals surface area (Å²) in [5.41, 5.74) is 0. The van der Waals surface area contributed by atoms with Crippen LogP contribution in [0.5, 0.6) is 0 Å². The standard InChI is InChI=1S/C13H22O4/c1-3-5-10-17-13(15)9-7-6-8-11-16-12(14)4-2/h4H,2-3,5-11H2,1H3. The zero-order valence-electron chi connectivity index (χ0n) is 10.6. The molecule has 0 saturated heterocycles. The Balaban J connectivity index is 3.24. The number of carbonyl (C=O) groups excluding carboxylic acids is 2. The molecule has 0 aliphatic heterocycles. The maximum Gasteiger partial charge on any atom is 0.330 e. The van der Waals surface area contributed by atoms with E-state index >= 15 is 0 Å². The molecule has 0 N–H and O–H groups in total. The second-order valence-corrected chi connectivity index (χ2v) is 3.76. The lowest BCUT2D eigenvalue weighted by Crippen LogP contribution is -2.06. The van der Waals surface area contributed by atoms with Crippen molar-refractivity contribution < 1.29 is 19.1 Å². The van der Waals surface area contributed by atoms with Gasteiger partial charge in [0.2, 0.25) is 0 Å². The smallest absolute Gasteiger partial charge is 0.330 e.